The minimum absolute atomic E-state index is 0. The molecule has 1 aromatic carbocycles. The lowest BCUT2D eigenvalue weighted by molar-refractivity contribution is -0.947. The van der Waals surface area contributed by atoms with Crippen molar-refractivity contribution in [1.82, 2.24) is 0 Å². The van der Waals surface area contributed by atoms with Crippen LogP contribution < -0.4 is 24.0 Å². The van der Waals surface area contributed by atoms with Crippen LogP contribution in [0.15, 0.2) is 30.3 Å². The second-order valence-corrected chi connectivity index (χ2v) is 7.24. The van der Waals surface area contributed by atoms with E-state index in [1.54, 1.807) is 0 Å². The summed E-state index contributed by atoms with van der Waals surface area (Å²) >= 11 is 0. The minimum atomic E-state index is -0.0817. The van der Waals surface area contributed by atoms with Crippen LogP contribution in [0.1, 0.15) is 37.7 Å². The number of esters is 1. The van der Waals surface area contributed by atoms with Crippen molar-refractivity contribution in [3.8, 4) is 0 Å². The highest BCUT2D eigenvalue weighted by atomic mass is 127. The molecule has 3 atom stereocenters. The number of ether oxygens (including phenoxy) is 1. The molecule has 2 aliphatic rings. The maximum Gasteiger partial charge on any atom is 0.310 e. The van der Waals surface area contributed by atoms with Gasteiger partial charge in [0.25, 0.3) is 0 Å². The van der Waals surface area contributed by atoms with E-state index in [-0.39, 0.29) is 29.9 Å². The van der Waals surface area contributed by atoms with Crippen LogP contribution >= 0.6 is 0 Å². The van der Waals surface area contributed by atoms with Gasteiger partial charge in [0.1, 0.15) is 0 Å². The number of hydrogen-bond acceptors (Lipinski definition) is 2. The number of fused-ring (bicyclic) bond motifs is 1. The molecule has 0 aliphatic carbocycles. The third kappa shape index (κ3) is 4.69. The van der Waals surface area contributed by atoms with Crippen LogP contribution in [0.25, 0.3) is 0 Å². The molecule has 3 rings (SSSR count). The van der Waals surface area contributed by atoms with Gasteiger partial charge < -0.3 is 33.2 Å². The maximum absolute atomic E-state index is 12.1. The van der Waals surface area contributed by atoms with Gasteiger partial charge in [0.05, 0.1) is 39.2 Å². The molecular formula is C19H28INO2. The highest BCUT2D eigenvalue weighted by Crippen LogP contribution is 2.36. The summed E-state index contributed by atoms with van der Waals surface area (Å²) in [6.07, 6.45) is 6.88. The molecule has 2 heterocycles. The standard InChI is InChI=1S/C19H28NO2.HI/c1-20-12-6-5-11-18(20)17(10-7-13-20)15-22-19(21)14-16-8-3-2-4-9-16;/h2-4,8-9,17-18H,5-7,10-15H2,1H3;1H/q+1;/p-1. The van der Waals surface area contributed by atoms with E-state index in [9.17, 15) is 4.79 Å². The third-order valence-corrected chi connectivity index (χ3v) is 5.66. The molecule has 3 unspecified atom stereocenters. The molecule has 0 saturated carbocycles. The zero-order valence-corrected chi connectivity index (χ0v) is 16.2. The first kappa shape index (κ1) is 18.7. The molecule has 0 aromatic heterocycles. The monoisotopic (exact) mass is 429 g/mol. The van der Waals surface area contributed by atoms with Crippen molar-refractivity contribution in [3.05, 3.63) is 35.9 Å². The Hall–Kier alpha value is -0.620. The number of hydrogen-bond donors (Lipinski definition) is 0. The molecule has 2 fully saturated rings. The number of nitrogens with zero attached hydrogens (tertiary/aromatic N) is 1. The smallest absolute Gasteiger partial charge is 0.310 e. The maximum atomic E-state index is 12.1. The molecule has 0 bridgehead atoms. The summed E-state index contributed by atoms with van der Waals surface area (Å²) < 4.78 is 6.84. The van der Waals surface area contributed by atoms with Gasteiger partial charge in [0.15, 0.2) is 0 Å². The van der Waals surface area contributed by atoms with Gasteiger partial charge >= 0.3 is 5.97 Å². The van der Waals surface area contributed by atoms with Crippen LogP contribution in [0.3, 0.4) is 0 Å². The number of rotatable bonds is 4. The summed E-state index contributed by atoms with van der Waals surface area (Å²) in [7, 11) is 2.40. The molecule has 0 spiro atoms. The average molecular weight is 429 g/mol. The molecule has 2 aliphatic heterocycles. The van der Waals surface area contributed by atoms with Crippen molar-refractivity contribution in [3.63, 3.8) is 0 Å². The van der Waals surface area contributed by atoms with E-state index in [1.165, 1.54) is 49.7 Å². The predicted molar refractivity (Wildman–Crippen MR) is 87.4 cm³/mol. The molecule has 0 N–H and O–H groups in total. The summed E-state index contributed by atoms with van der Waals surface area (Å²) in [6, 6.07) is 10.6. The molecule has 0 radical (unpaired) electrons. The van der Waals surface area contributed by atoms with Crippen LogP contribution in [0.2, 0.25) is 0 Å². The van der Waals surface area contributed by atoms with E-state index in [1.807, 2.05) is 30.3 Å². The topological polar surface area (TPSA) is 26.3 Å². The van der Waals surface area contributed by atoms with Crippen molar-refractivity contribution in [2.75, 3.05) is 26.7 Å². The first-order valence-corrected chi connectivity index (χ1v) is 8.71. The third-order valence-electron chi connectivity index (χ3n) is 5.66. The van der Waals surface area contributed by atoms with Crippen LogP contribution in [-0.4, -0.2) is 43.2 Å². The van der Waals surface area contributed by atoms with Gasteiger partial charge in [-0.1, -0.05) is 30.3 Å². The Labute approximate surface area is 157 Å². The average Bonchev–Trinajstić information content (AvgIpc) is 2.53. The summed E-state index contributed by atoms with van der Waals surface area (Å²) in [5.41, 5.74) is 1.04. The van der Waals surface area contributed by atoms with Gasteiger partial charge in [-0.05, 0) is 31.2 Å². The van der Waals surface area contributed by atoms with Crippen molar-refractivity contribution in [1.29, 1.82) is 0 Å². The van der Waals surface area contributed by atoms with Crippen molar-refractivity contribution >= 4 is 5.97 Å². The first-order chi connectivity index (χ1) is 10.7. The fourth-order valence-corrected chi connectivity index (χ4v) is 4.44. The Morgan fingerprint density at radius 1 is 1.13 bits per heavy atom. The number of benzene rings is 1. The van der Waals surface area contributed by atoms with Gasteiger partial charge in [-0.3, -0.25) is 4.79 Å². The van der Waals surface area contributed by atoms with Crippen LogP contribution in [0.5, 0.6) is 0 Å². The van der Waals surface area contributed by atoms with Gasteiger partial charge in [-0.15, -0.1) is 0 Å². The lowest BCUT2D eigenvalue weighted by atomic mass is 9.82. The minimum Gasteiger partial charge on any atom is -1.00 e. The lowest BCUT2D eigenvalue weighted by Crippen LogP contribution is -3.00. The first-order valence-electron chi connectivity index (χ1n) is 8.71. The number of carbonyl (C=O) groups is 1. The van der Waals surface area contributed by atoms with Crippen LogP contribution in [-0.2, 0) is 16.0 Å². The molecule has 4 heteroatoms. The van der Waals surface area contributed by atoms with Gasteiger partial charge in [-0.25, -0.2) is 0 Å². The molecular weight excluding hydrogens is 401 g/mol. The Balaban J connectivity index is 0.00000192. The summed E-state index contributed by atoms with van der Waals surface area (Å²) in [4.78, 5) is 12.1. The Morgan fingerprint density at radius 2 is 1.87 bits per heavy atom. The fourth-order valence-electron chi connectivity index (χ4n) is 4.44. The van der Waals surface area contributed by atoms with Gasteiger partial charge in [-0.2, -0.15) is 0 Å². The van der Waals surface area contributed by atoms with E-state index in [0.29, 0.717) is 25.0 Å². The SMILES string of the molecule is C[N+]12CCCCC1C(COC(=O)Cc1ccccc1)CCC2.[I-]. The van der Waals surface area contributed by atoms with E-state index < -0.39 is 0 Å². The fraction of sp³-hybridized carbons (Fsp3) is 0.632. The summed E-state index contributed by atoms with van der Waals surface area (Å²) in [5.74, 6) is 0.473. The number of quaternary nitrogens is 1. The number of carbonyl (C=O) groups excluding carboxylic acids is 1. The number of piperidine rings is 2. The Morgan fingerprint density at radius 3 is 2.65 bits per heavy atom. The molecule has 128 valence electrons. The van der Waals surface area contributed by atoms with Crippen LogP contribution in [0.4, 0.5) is 0 Å². The normalized spacial score (nSPS) is 30.0. The molecule has 1 aromatic rings. The molecule has 23 heavy (non-hydrogen) atoms. The molecule has 2 saturated heterocycles. The highest BCUT2D eigenvalue weighted by molar-refractivity contribution is 5.72. The quantitative estimate of drug-likeness (QED) is 0.388. The number of halogens is 1. The molecule has 3 nitrogen and oxygen atoms in total. The zero-order valence-electron chi connectivity index (χ0n) is 14.0. The van der Waals surface area contributed by atoms with Gasteiger partial charge in [0.2, 0.25) is 0 Å². The van der Waals surface area contributed by atoms with E-state index in [4.69, 9.17) is 4.74 Å². The largest absolute Gasteiger partial charge is 1.00 e. The second-order valence-electron chi connectivity index (χ2n) is 7.24. The Kier molecular flexibility index (Phi) is 6.89. The van der Waals surface area contributed by atoms with Crippen molar-refractivity contribution in [2.24, 2.45) is 5.92 Å². The second kappa shape index (κ2) is 8.47. The summed E-state index contributed by atoms with van der Waals surface area (Å²) in [6.45, 7) is 3.22. The van der Waals surface area contributed by atoms with E-state index in [0.717, 1.165) is 5.56 Å². The van der Waals surface area contributed by atoms with Gasteiger partial charge in [0, 0.05) is 12.3 Å². The summed E-state index contributed by atoms with van der Waals surface area (Å²) in [5, 5.41) is 0. The zero-order chi connectivity index (χ0) is 15.4. The van der Waals surface area contributed by atoms with E-state index in [2.05, 4.69) is 7.05 Å². The van der Waals surface area contributed by atoms with Crippen molar-refractivity contribution in [2.45, 2.75) is 44.6 Å². The Bertz CT molecular complexity index is 503. The van der Waals surface area contributed by atoms with E-state index >= 15 is 0 Å². The highest BCUT2D eigenvalue weighted by Gasteiger charge is 2.43. The lowest BCUT2D eigenvalue weighted by Gasteiger charge is -2.51. The van der Waals surface area contributed by atoms with Crippen LogP contribution in [0, 0.1) is 5.92 Å². The predicted octanol–water partition coefficient (Wildman–Crippen LogP) is 0.185. The van der Waals surface area contributed by atoms with Crippen molar-refractivity contribution < 1.29 is 38.0 Å². The molecule has 0 amide bonds.